The van der Waals surface area contributed by atoms with E-state index in [1.165, 1.54) is 6.20 Å². The first-order valence-corrected chi connectivity index (χ1v) is 9.84. The number of hydrogen-bond donors (Lipinski definition) is 2. The number of fused-ring (bicyclic) bond motifs is 1. The van der Waals surface area contributed by atoms with Crippen LogP contribution in [0, 0.1) is 0 Å². The summed E-state index contributed by atoms with van der Waals surface area (Å²) in [6.07, 6.45) is 4.97. The van der Waals surface area contributed by atoms with Crippen LogP contribution in [-0.4, -0.2) is 20.5 Å². The normalized spacial score (nSPS) is 10.8. The van der Waals surface area contributed by atoms with E-state index in [1.54, 1.807) is 17.0 Å². The number of carbonyl (C=O) groups excluding carboxylic acids is 1. The van der Waals surface area contributed by atoms with Gasteiger partial charge in [-0.1, -0.05) is 36.4 Å². The van der Waals surface area contributed by atoms with Crippen LogP contribution >= 0.6 is 0 Å². The Balaban J connectivity index is 1.34. The highest BCUT2D eigenvalue weighted by Crippen LogP contribution is 2.21. The van der Waals surface area contributed by atoms with E-state index in [1.807, 2.05) is 66.7 Å². The molecule has 31 heavy (non-hydrogen) atoms. The number of nitrogens with one attached hydrogen (secondary N) is 2. The van der Waals surface area contributed by atoms with Gasteiger partial charge in [0.1, 0.15) is 17.1 Å². The lowest BCUT2D eigenvalue weighted by atomic mass is 10.1. The summed E-state index contributed by atoms with van der Waals surface area (Å²) in [5, 5.41) is 10.4. The summed E-state index contributed by atoms with van der Waals surface area (Å²) in [5.74, 6) is 1.23. The van der Waals surface area contributed by atoms with Gasteiger partial charge < -0.3 is 15.1 Å². The third-order valence-electron chi connectivity index (χ3n) is 4.85. The zero-order valence-corrected chi connectivity index (χ0v) is 16.5. The first-order valence-electron chi connectivity index (χ1n) is 9.84. The Morgan fingerprint density at radius 3 is 2.74 bits per heavy atom. The highest BCUT2D eigenvalue weighted by molar-refractivity contribution is 6.08. The maximum absolute atomic E-state index is 12.7. The number of aromatic nitrogens is 3. The van der Waals surface area contributed by atoms with Crippen molar-refractivity contribution in [3.8, 4) is 11.3 Å². The zero-order valence-electron chi connectivity index (χ0n) is 16.5. The number of benzene rings is 2. The summed E-state index contributed by atoms with van der Waals surface area (Å²) in [5.41, 5.74) is 3.72. The molecule has 3 aromatic heterocycles. The van der Waals surface area contributed by atoms with Crippen molar-refractivity contribution in [3.05, 3.63) is 103 Å². The molecule has 0 fully saturated rings. The Kier molecular flexibility index (Phi) is 4.90. The van der Waals surface area contributed by atoms with Gasteiger partial charge >= 0.3 is 0 Å². The van der Waals surface area contributed by atoms with Crippen LogP contribution in [0.2, 0.25) is 0 Å². The molecule has 152 valence electrons. The molecule has 0 saturated carbocycles. The molecule has 0 aliphatic carbocycles. The molecule has 7 nitrogen and oxygen atoms in total. The zero-order chi connectivity index (χ0) is 21.0. The van der Waals surface area contributed by atoms with Gasteiger partial charge in [0.15, 0.2) is 5.65 Å². The van der Waals surface area contributed by atoms with Crippen LogP contribution in [0.3, 0.4) is 0 Å². The molecular weight excluding hydrogens is 390 g/mol. The molecule has 3 heterocycles. The average molecular weight is 409 g/mol. The topological polar surface area (TPSA) is 84.5 Å². The van der Waals surface area contributed by atoms with Crippen molar-refractivity contribution in [2.75, 3.05) is 10.6 Å². The monoisotopic (exact) mass is 409 g/mol. The van der Waals surface area contributed by atoms with Crippen molar-refractivity contribution >= 4 is 23.1 Å². The van der Waals surface area contributed by atoms with E-state index in [0.29, 0.717) is 23.6 Å². The molecule has 0 bridgehead atoms. The molecule has 2 aromatic carbocycles. The van der Waals surface area contributed by atoms with Crippen molar-refractivity contribution in [1.82, 2.24) is 14.6 Å². The molecule has 0 spiro atoms. The van der Waals surface area contributed by atoms with Crippen LogP contribution in [0.15, 0.2) is 95.9 Å². The Hall–Kier alpha value is -4.39. The van der Waals surface area contributed by atoms with Crippen LogP contribution in [0.25, 0.3) is 17.0 Å². The number of hydrogen-bond acceptors (Lipinski definition) is 5. The van der Waals surface area contributed by atoms with Crippen LogP contribution in [0.4, 0.5) is 11.5 Å². The van der Waals surface area contributed by atoms with E-state index in [-0.39, 0.29) is 5.91 Å². The van der Waals surface area contributed by atoms with Crippen LogP contribution in [0.1, 0.15) is 15.9 Å². The number of para-hydroxylation sites is 1. The molecule has 0 saturated heterocycles. The van der Waals surface area contributed by atoms with Crippen LogP contribution in [-0.2, 0) is 6.54 Å². The summed E-state index contributed by atoms with van der Waals surface area (Å²) in [6, 6.07) is 23.0. The SMILES string of the molecule is O=C(Nc1ccccc1)c1cnn2ccc(NCc3cccc(-c4ccco4)c3)nc12. The smallest absolute Gasteiger partial charge is 0.261 e. The summed E-state index contributed by atoms with van der Waals surface area (Å²) < 4.78 is 7.06. The number of anilines is 2. The Morgan fingerprint density at radius 2 is 1.90 bits per heavy atom. The first-order chi connectivity index (χ1) is 15.3. The van der Waals surface area contributed by atoms with Crippen LogP contribution < -0.4 is 10.6 Å². The highest BCUT2D eigenvalue weighted by atomic mass is 16.3. The second-order valence-corrected chi connectivity index (χ2v) is 6.99. The molecule has 0 unspecified atom stereocenters. The molecule has 0 aliphatic heterocycles. The number of carbonyl (C=O) groups is 1. The summed E-state index contributed by atoms with van der Waals surface area (Å²) >= 11 is 0. The quantitative estimate of drug-likeness (QED) is 0.419. The third-order valence-corrected chi connectivity index (χ3v) is 4.85. The second kappa shape index (κ2) is 8.16. The van der Waals surface area contributed by atoms with E-state index in [4.69, 9.17) is 4.42 Å². The number of rotatable bonds is 6. The Bertz CT molecular complexity index is 1330. The van der Waals surface area contributed by atoms with Gasteiger partial charge in [0, 0.05) is 24.0 Å². The van der Waals surface area contributed by atoms with Gasteiger partial charge in [0.2, 0.25) is 0 Å². The summed E-state index contributed by atoms with van der Waals surface area (Å²) in [6.45, 7) is 0.581. The summed E-state index contributed by atoms with van der Waals surface area (Å²) in [7, 11) is 0. The fourth-order valence-electron chi connectivity index (χ4n) is 3.32. The van der Waals surface area contributed by atoms with Crippen molar-refractivity contribution in [1.29, 1.82) is 0 Å². The minimum absolute atomic E-state index is 0.253. The molecule has 2 N–H and O–H groups in total. The maximum atomic E-state index is 12.7. The minimum atomic E-state index is -0.253. The van der Waals surface area contributed by atoms with Gasteiger partial charge in [-0.15, -0.1) is 0 Å². The van der Waals surface area contributed by atoms with Gasteiger partial charge in [0.25, 0.3) is 5.91 Å². The number of nitrogens with zero attached hydrogens (tertiary/aromatic N) is 3. The fourth-order valence-corrected chi connectivity index (χ4v) is 3.32. The van der Waals surface area contributed by atoms with Gasteiger partial charge in [-0.25, -0.2) is 9.50 Å². The van der Waals surface area contributed by atoms with Crippen LogP contribution in [0.5, 0.6) is 0 Å². The number of furan rings is 1. The lowest BCUT2D eigenvalue weighted by Crippen LogP contribution is -2.12. The second-order valence-electron chi connectivity index (χ2n) is 6.99. The Morgan fingerprint density at radius 1 is 1.00 bits per heavy atom. The van der Waals surface area contributed by atoms with Gasteiger partial charge in [-0.05, 0) is 42.0 Å². The fraction of sp³-hybridized carbons (Fsp3) is 0.0417. The maximum Gasteiger partial charge on any atom is 0.261 e. The van der Waals surface area contributed by atoms with Gasteiger partial charge in [0.05, 0.1) is 12.5 Å². The largest absolute Gasteiger partial charge is 0.464 e. The highest BCUT2D eigenvalue weighted by Gasteiger charge is 2.15. The molecule has 0 aliphatic rings. The van der Waals surface area contributed by atoms with E-state index in [9.17, 15) is 4.79 Å². The molecule has 0 atom stereocenters. The predicted molar refractivity (Wildman–Crippen MR) is 119 cm³/mol. The Labute approximate surface area is 178 Å². The van der Waals surface area contributed by atoms with Crippen molar-refractivity contribution in [2.45, 2.75) is 6.54 Å². The molecule has 5 rings (SSSR count). The molecular formula is C24H19N5O2. The lowest BCUT2D eigenvalue weighted by Gasteiger charge is -2.08. The van der Waals surface area contributed by atoms with E-state index >= 15 is 0 Å². The standard InChI is InChI=1S/C24H19N5O2/c30-24(27-19-8-2-1-3-9-19)20-16-26-29-12-11-22(28-23(20)29)25-15-17-6-4-7-18(14-17)21-10-5-13-31-21/h1-14,16H,15H2,(H,25,28)(H,27,30). The van der Waals surface area contributed by atoms with Crippen molar-refractivity contribution in [2.24, 2.45) is 0 Å². The number of amides is 1. The van der Waals surface area contributed by atoms with Crippen molar-refractivity contribution < 1.29 is 9.21 Å². The van der Waals surface area contributed by atoms with Gasteiger partial charge in [-0.2, -0.15) is 5.10 Å². The van der Waals surface area contributed by atoms with E-state index in [0.717, 1.165) is 22.6 Å². The molecule has 7 heteroatoms. The molecule has 1 amide bonds. The lowest BCUT2D eigenvalue weighted by molar-refractivity contribution is 0.102. The average Bonchev–Trinajstić information content (AvgIpc) is 3.49. The first kappa shape index (κ1) is 18.6. The van der Waals surface area contributed by atoms with Gasteiger partial charge in [-0.3, -0.25) is 4.79 Å². The minimum Gasteiger partial charge on any atom is -0.464 e. The van der Waals surface area contributed by atoms with Crippen molar-refractivity contribution in [3.63, 3.8) is 0 Å². The molecule has 0 radical (unpaired) electrons. The predicted octanol–water partition coefficient (Wildman–Crippen LogP) is 4.85. The van der Waals surface area contributed by atoms with E-state index < -0.39 is 0 Å². The summed E-state index contributed by atoms with van der Waals surface area (Å²) in [4.78, 5) is 17.3. The molecule has 5 aromatic rings. The van der Waals surface area contributed by atoms with E-state index in [2.05, 4.69) is 26.8 Å². The third kappa shape index (κ3) is 4.02.